The van der Waals surface area contributed by atoms with Gasteiger partial charge in [0, 0.05) is 15.6 Å². The Hall–Kier alpha value is -1.85. The lowest BCUT2D eigenvalue weighted by atomic mass is 10.3. The summed E-state index contributed by atoms with van der Waals surface area (Å²) in [5, 5.41) is 7.52. The van der Waals surface area contributed by atoms with E-state index in [4.69, 9.17) is 11.6 Å². The first-order chi connectivity index (χ1) is 9.15. The van der Waals surface area contributed by atoms with E-state index < -0.39 is 11.8 Å². The number of nitrogens with one attached hydrogen (secondary N) is 2. The molecule has 2 aromatic rings. The van der Waals surface area contributed by atoms with Crippen molar-refractivity contribution in [3.63, 3.8) is 0 Å². The number of hydrogen-bond donors (Lipinski definition) is 2. The molecule has 1 heterocycles. The van der Waals surface area contributed by atoms with Crippen LogP contribution in [0.2, 0.25) is 5.02 Å². The highest BCUT2D eigenvalue weighted by molar-refractivity contribution is 7.09. The first-order valence-corrected chi connectivity index (χ1v) is 6.78. The quantitative estimate of drug-likeness (QED) is 0.855. The molecule has 2 N–H and O–H groups in total. The summed E-state index contributed by atoms with van der Waals surface area (Å²) in [5.41, 5.74) is 0.528. The van der Waals surface area contributed by atoms with E-state index in [1.807, 2.05) is 17.5 Å². The average Bonchev–Trinajstić information content (AvgIpc) is 2.91. The minimum atomic E-state index is -0.695. The van der Waals surface area contributed by atoms with E-state index in [-0.39, 0.29) is 0 Å². The van der Waals surface area contributed by atoms with Crippen LogP contribution in [0.1, 0.15) is 4.88 Å². The molecule has 98 valence electrons. The fraction of sp³-hybridized carbons (Fsp3) is 0.0769. The summed E-state index contributed by atoms with van der Waals surface area (Å²) in [6, 6.07) is 10.3. The Balaban J connectivity index is 1.85. The molecule has 0 aliphatic carbocycles. The molecule has 6 heteroatoms. The highest BCUT2D eigenvalue weighted by atomic mass is 35.5. The molecule has 0 saturated carbocycles. The smallest absolute Gasteiger partial charge is 0.313 e. The monoisotopic (exact) mass is 294 g/mol. The molecular weight excluding hydrogens is 284 g/mol. The van der Waals surface area contributed by atoms with Gasteiger partial charge in [-0.05, 0) is 35.7 Å². The Bertz CT molecular complexity index is 567. The zero-order valence-corrected chi connectivity index (χ0v) is 11.4. The molecular formula is C13H11ClN2O2S. The van der Waals surface area contributed by atoms with E-state index in [0.717, 1.165) is 4.88 Å². The summed E-state index contributed by atoms with van der Waals surface area (Å²) >= 11 is 7.25. The van der Waals surface area contributed by atoms with Gasteiger partial charge in [0.1, 0.15) is 0 Å². The average molecular weight is 295 g/mol. The molecule has 1 aromatic carbocycles. The van der Waals surface area contributed by atoms with Crippen LogP contribution in [-0.2, 0) is 16.1 Å². The van der Waals surface area contributed by atoms with Crippen molar-refractivity contribution in [3.8, 4) is 0 Å². The van der Waals surface area contributed by atoms with Crippen LogP contribution >= 0.6 is 22.9 Å². The van der Waals surface area contributed by atoms with Crippen molar-refractivity contribution in [1.82, 2.24) is 5.32 Å². The fourth-order valence-corrected chi connectivity index (χ4v) is 2.15. The summed E-state index contributed by atoms with van der Waals surface area (Å²) in [7, 11) is 0. The van der Waals surface area contributed by atoms with Gasteiger partial charge in [0.15, 0.2) is 0 Å². The molecule has 0 radical (unpaired) electrons. The number of rotatable bonds is 3. The topological polar surface area (TPSA) is 58.2 Å². The molecule has 2 rings (SSSR count). The number of amides is 2. The molecule has 0 unspecified atom stereocenters. The second kappa shape index (κ2) is 6.36. The van der Waals surface area contributed by atoms with Gasteiger partial charge >= 0.3 is 11.8 Å². The molecule has 0 saturated heterocycles. The zero-order valence-electron chi connectivity index (χ0n) is 9.85. The van der Waals surface area contributed by atoms with Crippen molar-refractivity contribution in [2.75, 3.05) is 5.32 Å². The van der Waals surface area contributed by atoms with E-state index >= 15 is 0 Å². The highest BCUT2D eigenvalue weighted by Crippen LogP contribution is 2.13. The molecule has 19 heavy (non-hydrogen) atoms. The van der Waals surface area contributed by atoms with Crippen LogP contribution in [-0.4, -0.2) is 11.8 Å². The number of anilines is 1. The number of carbonyl (C=O) groups excluding carboxylic acids is 2. The maximum Gasteiger partial charge on any atom is 0.313 e. The van der Waals surface area contributed by atoms with Crippen LogP contribution in [0.15, 0.2) is 41.8 Å². The second-order valence-electron chi connectivity index (χ2n) is 3.72. The molecule has 0 aliphatic heterocycles. The molecule has 2 amide bonds. The minimum absolute atomic E-state index is 0.352. The third kappa shape index (κ3) is 4.08. The van der Waals surface area contributed by atoms with Crippen LogP contribution in [0.3, 0.4) is 0 Å². The molecule has 4 nitrogen and oxygen atoms in total. The van der Waals surface area contributed by atoms with Crippen LogP contribution in [0.4, 0.5) is 5.69 Å². The van der Waals surface area contributed by atoms with E-state index in [0.29, 0.717) is 17.3 Å². The summed E-state index contributed by atoms with van der Waals surface area (Å²) in [6.45, 7) is 0.352. The number of halogens is 1. The molecule has 0 bridgehead atoms. The van der Waals surface area contributed by atoms with E-state index in [2.05, 4.69) is 10.6 Å². The SMILES string of the molecule is O=C(NCc1cccs1)C(=O)Nc1ccc(Cl)cc1. The Labute approximate surface area is 119 Å². The molecule has 1 aromatic heterocycles. The maximum absolute atomic E-state index is 11.6. The van der Waals surface area contributed by atoms with Gasteiger partial charge in [-0.25, -0.2) is 0 Å². The number of thiophene rings is 1. The Morgan fingerprint density at radius 3 is 2.47 bits per heavy atom. The van der Waals surface area contributed by atoms with Crippen LogP contribution in [0.5, 0.6) is 0 Å². The van der Waals surface area contributed by atoms with E-state index in [1.54, 1.807) is 24.3 Å². The van der Waals surface area contributed by atoms with Crippen molar-refractivity contribution >= 4 is 40.4 Å². The molecule has 0 spiro atoms. The van der Waals surface area contributed by atoms with Crippen molar-refractivity contribution in [2.45, 2.75) is 6.54 Å². The van der Waals surface area contributed by atoms with Gasteiger partial charge < -0.3 is 10.6 Å². The van der Waals surface area contributed by atoms with E-state index in [1.165, 1.54) is 11.3 Å². The Morgan fingerprint density at radius 2 is 1.84 bits per heavy atom. The zero-order chi connectivity index (χ0) is 13.7. The van der Waals surface area contributed by atoms with Gasteiger partial charge in [-0.15, -0.1) is 11.3 Å². The predicted octanol–water partition coefficient (Wildman–Crippen LogP) is 2.66. The van der Waals surface area contributed by atoms with Gasteiger partial charge in [0.2, 0.25) is 0 Å². The van der Waals surface area contributed by atoms with Crippen molar-refractivity contribution in [3.05, 3.63) is 51.7 Å². The molecule has 0 fully saturated rings. The second-order valence-corrected chi connectivity index (χ2v) is 5.19. The third-order valence-corrected chi connectivity index (χ3v) is 3.44. The fourth-order valence-electron chi connectivity index (χ4n) is 1.38. The van der Waals surface area contributed by atoms with Gasteiger partial charge in [-0.3, -0.25) is 9.59 Å². The number of benzene rings is 1. The number of carbonyl (C=O) groups is 2. The van der Waals surface area contributed by atoms with Crippen LogP contribution < -0.4 is 10.6 Å². The lowest BCUT2D eigenvalue weighted by molar-refractivity contribution is -0.136. The number of hydrogen-bond acceptors (Lipinski definition) is 3. The van der Waals surface area contributed by atoms with Gasteiger partial charge in [0.25, 0.3) is 0 Å². The first-order valence-electron chi connectivity index (χ1n) is 5.52. The minimum Gasteiger partial charge on any atom is -0.343 e. The lowest BCUT2D eigenvalue weighted by Crippen LogP contribution is -2.34. The van der Waals surface area contributed by atoms with Crippen LogP contribution in [0.25, 0.3) is 0 Å². The largest absolute Gasteiger partial charge is 0.343 e. The summed E-state index contributed by atoms with van der Waals surface area (Å²) in [6.07, 6.45) is 0. The first kappa shape index (κ1) is 13.6. The highest BCUT2D eigenvalue weighted by Gasteiger charge is 2.13. The molecule has 0 aliphatic rings. The van der Waals surface area contributed by atoms with E-state index in [9.17, 15) is 9.59 Å². The summed E-state index contributed by atoms with van der Waals surface area (Å²) in [4.78, 5) is 24.2. The predicted molar refractivity (Wildman–Crippen MR) is 76.2 cm³/mol. The van der Waals surface area contributed by atoms with Crippen LogP contribution in [0, 0.1) is 0 Å². The normalized spacial score (nSPS) is 9.95. The van der Waals surface area contributed by atoms with Crippen molar-refractivity contribution in [1.29, 1.82) is 0 Å². The van der Waals surface area contributed by atoms with Gasteiger partial charge in [-0.1, -0.05) is 17.7 Å². The summed E-state index contributed by atoms with van der Waals surface area (Å²) < 4.78 is 0. The van der Waals surface area contributed by atoms with Crippen molar-refractivity contribution < 1.29 is 9.59 Å². The van der Waals surface area contributed by atoms with Crippen molar-refractivity contribution in [2.24, 2.45) is 0 Å². The third-order valence-electron chi connectivity index (χ3n) is 2.31. The maximum atomic E-state index is 11.6. The van der Waals surface area contributed by atoms with Gasteiger partial charge in [-0.2, -0.15) is 0 Å². The van der Waals surface area contributed by atoms with Gasteiger partial charge in [0.05, 0.1) is 6.54 Å². The molecule has 0 atom stereocenters. The standard InChI is InChI=1S/C13H11ClN2O2S/c14-9-3-5-10(6-4-9)16-13(18)12(17)15-8-11-2-1-7-19-11/h1-7H,8H2,(H,15,17)(H,16,18). The Kier molecular flexibility index (Phi) is 4.54. The Morgan fingerprint density at radius 1 is 1.11 bits per heavy atom. The lowest BCUT2D eigenvalue weighted by Gasteiger charge is -2.05. The summed E-state index contributed by atoms with van der Waals surface area (Å²) in [5.74, 6) is -1.36.